The van der Waals surface area contributed by atoms with E-state index in [9.17, 15) is 19.5 Å². The van der Waals surface area contributed by atoms with Gasteiger partial charge in [-0.15, -0.1) is 0 Å². The van der Waals surface area contributed by atoms with E-state index in [0.29, 0.717) is 13.0 Å². The lowest BCUT2D eigenvalue weighted by Crippen LogP contribution is -2.52. The zero-order valence-corrected chi connectivity index (χ0v) is 15.7. The van der Waals surface area contributed by atoms with Crippen LogP contribution in [0.5, 0.6) is 0 Å². The number of rotatable bonds is 8. The molecule has 0 spiro atoms. The van der Waals surface area contributed by atoms with Gasteiger partial charge in [-0.1, -0.05) is 0 Å². The van der Waals surface area contributed by atoms with Gasteiger partial charge in [0.25, 0.3) is 0 Å². The molecule has 1 aliphatic carbocycles. The number of carbonyl (C=O) groups excluding carboxylic acids is 2. The summed E-state index contributed by atoms with van der Waals surface area (Å²) in [6.45, 7) is 8.65. The molecule has 1 aliphatic rings. The van der Waals surface area contributed by atoms with E-state index in [1.807, 2.05) is 0 Å². The van der Waals surface area contributed by atoms with Crippen molar-refractivity contribution in [1.82, 2.24) is 10.2 Å². The van der Waals surface area contributed by atoms with Crippen molar-refractivity contribution in [3.05, 3.63) is 0 Å². The number of nitrogens with one attached hydrogen (secondary N) is 1. The van der Waals surface area contributed by atoms with E-state index in [4.69, 9.17) is 9.84 Å². The fraction of sp³-hybridized carbons (Fsp3) is 0.824. The number of nitrogens with zero attached hydrogens (tertiary/aromatic N) is 1. The van der Waals surface area contributed by atoms with Gasteiger partial charge < -0.3 is 25.2 Å². The Morgan fingerprint density at radius 1 is 1.20 bits per heavy atom. The average molecular weight is 358 g/mol. The minimum absolute atomic E-state index is 0.0339. The Balaban J connectivity index is 2.82. The summed E-state index contributed by atoms with van der Waals surface area (Å²) in [4.78, 5) is 37.4. The molecule has 1 atom stereocenters. The van der Waals surface area contributed by atoms with Crippen molar-refractivity contribution in [2.45, 2.75) is 83.6 Å². The lowest BCUT2D eigenvalue weighted by atomic mass is 10.0. The quantitative estimate of drug-likeness (QED) is 0.605. The summed E-state index contributed by atoms with van der Waals surface area (Å²) < 4.78 is 5.12. The minimum Gasteiger partial charge on any atom is -0.481 e. The fourth-order valence-corrected chi connectivity index (χ4v) is 2.28. The molecule has 25 heavy (non-hydrogen) atoms. The summed E-state index contributed by atoms with van der Waals surface area (Å²) in [5.74, 6) is -1.65. The first-order chi connectivity index (χ1) is 11.3. The molecule has 0 bridgehead atoms. The van der Waals surface area contributed by atoms with E-state index in [1.165, 1.54) is 0 Å². The Morgan fingerprint density at radius 3 is 2.16 bits per heavy atom. The van der Waals surface area contributed by atoms with Gasteiger partial charge >= 0.3 is 12.1 Å². The average Bonchev–Trinajstić information content (AvgIpc) is 3.18. The second-order valence-electron chi connectivity index (χ2n) is 8.12. The maximum atomic E-state index is 12.8. The summed E-state index contributed by atoms with van der Waals surface area (Å²) in [7, 11) is 0. The van der Waals surface area contributed by atoms with E-state index in [1.54, 1.807) is 39.5 Å². The van der Waals surface area contributed by atoms with Crippen LogP contribution in [0.15, 0.2) is 0 Å². The summed E-state index contributed by atoms with van der Waals surface area (Å²) >= 11 is 0. The van der Waals surface area contributed by atoms with Crippen molar-refractivity contribution in [2.24, 2.45) is 0 Å². The van der Waals surface area contributed by atoms with Crippen LogP contribution in [0.2, 0.25) is 0 Å². The third kappa shape index (κ3) is 8.72. The summed E-state index contributed by atoms with van der Waals surface area (Å²) in [5.41, 5.74) is -1.69. The number of aliphatic hydroxyl groups is 1. The molecule has 8 heteroatoms. The van der Waals surface area contributed by atoms with E-state index in [-0.39, 0.29) is 6.04 Å². The van der Waals surface area contributed by atoms with Crippen LogP contribution in [0.1, 0.15) is 60.3 Å². The van der Waals surface area contributed by atoms with Gasteiger partial charge in [-0.25, -0.2) is 4.79 Å². The highest BCUT2D eigenvalue weighted by Gasteiger charge is 2.38. The number of amides is 2. The molecular formula is C17H30N2O6. The molecule has 144 valence electrons. The molecule has 2 amide bonds. The first-order valence-electron chi connectivity index (χ1n) is 8.53. The topological polar surface area (TPSA) is 116 Å². The number of hydrogen-bond acceptors (Lipinski definition) is 5. The molecule has 3 N–H and O–H groups in total. The van der Waals surface area contributed by atoms with Crippen LogP contribution in [-0.4, -0.2) is 62.9 Å². The monoisotopic (exact) mass is 358 g/mol. The number of hydrogen-bond donors (Lipinski definition) is 3. The van der Waals surface area contributed by atoms with Gasteiger partial charge in [0.2, 0.25) is 5.91 Å². The number of carboxylic acids is 1. The molecule has 0 radical (unpaired) electrons. The van der Waals surface area contributed by atoms with Crippen molar-refractivity contribution in [1.29, 1.82) is 0 Å². The van der Waals surface area contributed by atoms with Crippen LogP contribution in [-0.2, 0) is 14.3 Å². The Labute approximate surface area is 148 Å². The molecule has 1 rings (SSSR count). The van der Waals surface area contributed by atoms with Gasteiger partial charge in [-0.2, -0.15) is 0 Å². The molecular weight excluding hydrogens is 328 g/mol. The maximum absolute atomic E-state index is 12.8. The maximum Gasteiger partial charge on any atom is 0.408 e. The third-order valence-electron chi connectivity index (χ3n) is 3.60. The van der Waals surface area contributed by atoms with Crippen LogP contribution in [0.4, 0.5) is 4.79 Å². The molecule has 8 nitrogen and oxygen atoms in total. The normalized spacial score (nSPS) is 16.1. The first-order valence-corrected chi connectivity index (χ1v) is 8.53. The largest absolute Gasteiger partial charge is 0.481 e. The van der Waals surface area contributed by atoms with E-state index < -0.39 is 41.6 Å². The zero-order valence-electron chi connectivity index (χ0n) is 15.7. The number of alkyl carbamates (subject to hydrolysis) is 1. The third-order valence-corrected chi connectivity index (χ3v) is 3.60. The van der Waals surface area contributed by atoms with Gasteiger partial charge in [0.05, 0.1) is 12.0 Å². The van der Waals surface area contributed by atoms with Crippen LogP contribution in [0.25, 0.3) is 0 Å². The lowest BCUT2D eigenvalue weighted by molar-refractivity contribution is -0.143. The predicted molar refractivity (Wildman–Crippen MR) is 91.1 cm³/mol. The van der Waals surface area contributed by atoms with Crippen LogP contribution < -0.4 is 5.32 Å². The summed E-state index contributed by atoms with van der Waals surface area (Å²) in [6, 6.07) is -1.17. The molecule has 0 unspecified atom stereocenters. The molecule has 0 aromatic heterocycles. The minimum atomic E-state index is -1.20. The van der Waals surface area contributed by atoms with Crippen LogP contribution in [0, 0.1) is 0 Å². The highest BCUT2D eigenvalue weighted by atomic mass is 16.6. The molecule has 0 saturated heterocycles. The zero-order chi connectivity index (χ0) is 19.4. The van der Waals surface area contributed by atoms with Crippen LogP contribution in [0.3, 0.4) is 0 Å². The standard InChI is InChI=1S/C17H30N2O6/c1-16(2,3)25-15(23)18-12(10-13(20)21)14(22)19(11-6-7-11)9-8-17(4,5)24/h11-12,24H,6-10H2,1-5H3,(H,18,23)(H,20,21)/t12-/m0/s1. The van der Waals surface area contributed by atoms with Crippen LogP contribution >= 0.6 is 0 Å². The lowest BCUT2D eigenvalue weighted by Gasteiger charge is -2.30. The van der Waals surface area contributed by atoms with Crippen molar-refractivity contribution in [3.8, 4) is 0 Å². The molecule has 0 aliphatic heterocycles. The van der Waals surface area contributed by atoms with Gasteiger partial charge in [0, 0.05) is 12.6 Å². The predicted octanol–water partition coefficient (Wildman–Crippen LogP) is 1.51. The number of carboxylic acid groups (broad SMARTS) is 1. The van der Waals surface area contributed by atoms with Crippen molar-refractivity contribution in [2.75, 3.05) is 6.54 Å². The van der Waals surface area contributed by atoms with E-state index in [0.717, 1.165) is 12.8 Å². The van der Waals surface area contributed by atoms with Crippen molar-refractivity contribution < 1.29 is 29.3 Å². The summed E-state index contributed by atoms with van der Waals surface area (Å²) in [6.07, 6.45) is 0.684. The van der Waals surface area contributed by atoms with Gasteiger partial charge in [-0.05, 0) is 53.9 Å². The Morgan fingerprint density at radius 2 is 1.76 bits per heavy atom. The van der Waals surface area contributed by atoms with Crippen molar-refractivity contribution >= 4 is 18.0 Å². The molecule has 1 saturated carbocycles. The second-order valence-corrected chi connectivity index (χ2v) is 8.12. The summed E-state index contributed by atoms with van der Waals surface area (Å²) in [5, 5.41) is 21.3. The number of ether oxygens (including phenoxy) is 1. The smallest absolute Gasteiger partial charge is 0.408 e. The fourth-order valence-electron chi connectivity index (χ4n) is 2.28. The molecule has 0 aromatic rings. The molecule has 1 fully saturated rings. The second kappa shape index (κ2) is 8.03. The first kappa shape index (κ1) is 21.2. The number of aliphatic carboxylic acids is 1. The SMILES string of the molecule is CC(C)(O)CCN(C(=O)[C@H](CC(=O)O)NC(=O)OC(C)(C)C)C1CC1. The van der Waals surface area contributed by atoms with Crippen molar-refractivity contribution in [3.63, 3.8) is 0 Å². The van der Waals surface area contributed by atoms with E-state index >= 15 is 0 Å². The molecule has 0 aromatic carbocycles. The van der Waals surface area contributed by atoms with Gasteiger partial charge in [0.15, 0.2) is 0 Å². The Kier molecular flexibility index (Phi) is 6.82. The van der Waals surface area contributed by atoms with Gasteiger partial charge in [0.1, 0.15) is 11.6 Å². The van der Waals surface area contributed by atoms with E-state index in [2.05, 4.69) is 5.32 Å². The Bertz CT molecular complexity index is 502. The number of carbonyl (C=O) groups is 3. The van der Waals surface area contributed by atoms with Gasteiger partial charge in [-0.3, -0.25) is 9.59 Å². The molecule has 0 heterocycles. The highest BCUT2D eigenvalue weighted by Crippen LogP contribution is 2.28. The Hall–Kier alpha value is -1.83. The highest BCUT2D eigenvalue weighted by molar-refractivity contribution is 5.89.